The third-order valence-electron chi connectivity index (χ3n) is 2.89. The van der Waals surface area contributed by atoms with Gasteiger partial charge in [-0.05, 0) is 12.0 Å². The van der Waals surface area contributed by atoms with E-state index in [2.05, 4.69) is 5.32 Å². The van der Waals surface area contributed by atoms with Crippen molar-refractivity contribution in [2.24, 2.45) is 5.41 Å². The monoisotopic (exact) mass is 230 g/mol. The van der Waals surface area contributed by atoms with E-state index in [0.717, 1.165) is 6.42 Å². The van der Waals surface area contributed by atoms with Gasteiger partial charge >= 0.3 is 0 Å². The maximum Gasteiger partial charge on any atom is 0.245 e. The molecule has 0 saturated carbocycles. The van der Waals surface area contributed by atoms with Crippen LogP contribution >= 0.6 is 0 Å². The van der Waals surface area contributed by atoms with E-state index in [4.69, 9.17) is 10.00 Å². The number of hydrogen-bond acceptors (Lipinski definition) is 3. The highest BCUT2D eigenvalue weighted by molar-refractivity contribution is 5.86. The molecule has 88 valence electrons. The highest BCUT2D eigenvalue weighted by Crippen LogP contribution is 2.26. The van der Waals surface area contributed by atoms with Crippen molar-refractivity contribution in [1.29, 1.82) is 5.26 Å². The summed E-state index contributed by atoms with van der Waals surface area (Å²) in [6.07, 6.45) is 0.773. The third kappa shape index (κ3) is 2.45. The van der Waals surface area contributed by atoms with Crippen LogP contribution in [0.15, 0.2) is 30.3 Å². The Kier molecular flexibility index (Phi) is 3.40. The summed E-state index contributed by atoms with van der Waals surface area (Å²) in [6.45, 7) is 0.966. The number of amides is 1. The van der Waals surface area contributed by atoms with Crippen molar-refractivity contribution in [1.82, 2.24) is 5.32 Å². The van der Waals surface area contributed by atoms with Crippen LogP contribution in [-0.2, 0) is 16.0 Å². The number of rotatable bonds is 4. The first-order chi connectivity index (χ1) is 8.27. The van der Waals surface area contributed by atoms with E-state index in [1.807, 2.05) is 36.4 Å². The Labute approximate surface area is 100 Å². The van der Waals surface area contributed by atoms with Gasteiger partial charge in [-0.1, -0.05) is 30.3 Å². The summed E-state index contributed by atoms with van der Waals surface area (Å²) in [5.41, 5.74) is 0.222. The van der Waals surface area contributed by atoms with Gasteiger partial charge in [0.2, 0.25) is 5.91 Å². The van der Waals surface area contributed by atoms with Crippen molar-refractivity contribution in [3.05, 3.63) is 35.9 Å². The molecule has 1 aromatic rings. The smallest absolute Gasteiger partial charge is 0.245 e. The van der Waals surface area contributed by atoms with Crippen LogP contribution in [0.25, 0.3) is 0 Å². The molecule has 0 aliphatic carbocycles. The van der Waals surface area contributed by atoms with Crippen LogP contribution in [0.3, 0.4) is 0 Å². The van der Waals surface area contributed by atoms with Crippen molar-refractivity contribution in [2.75, 3.05) is 19.8 Å². The molecule has 1 heterocycles. The minimum absolute atomic E-state index is 0.209. The first-order valence-corrected chi connectivity index (χ1v) is 5.58. The van der Waals surface area contributed by atoms with Crippen molar-refractivity contribution < 1.29 is 9.53 Å². The molecule has 1 aliphatic heterocycles. The quantitative estimate of drug-likeness (QED) is 0.835. The molecule has 4 nitrogen and oxygen atoms in total. The van der Waals surface area contributed by atoms with E-state index in [1.54, 1.807) is 0 Å². The molecule has 1 amide bonds. The number of ether oxygens (including phenoxy) is 1. The minimum atomic E-state index is -0.948. The van der Waals surface area contributed by atoms with Crippen LogP contribution in [0.4, 0.5) is 0 Å². The number of hydrogen-bond donors (Lipinski definition) is 1. The molecule has 1 aliphatic rings. The fourth-order valence-electron chi connectivity index (χ4n) is 1.69. The fourth-order valence-corrected chi connectivity index (χ4v) is 1.69. The van der Waals surface area contributed by atoms with Gasteiger partial charge < -0.3 is 10.1 Å². The lowest BCUT2D eigenvalue weighted by Crippen LogP contribution is -2.53. The van der Waals surface area contributed by atoms with Gasteiger partial charge in [0.15, 0.2) is 5.41 Å². The predicted octanol–water partition coefficient (Wildman–Crippen LogP) is 0.885. The molecule has 0 unspecified atom stereocenters. The van der Waals surface area contributed by atoms with Gasteiger partial charge in [-0.2, -0.15) is 5.26 Å². The normalized spacial score (nSPS) is 16.6. The molecular formula is C13H14N2O2. The van der Waals surface area contributed by atoms with Gasteiger partial charge in [-0.25, -0.2) is 0 Å². The molecule has 1 saturated heterocycles. The Balaban J connectivity index is 1.80. The lowest BCUT2D eigenvalue weighted by Gasteiger charge is -2.33. The topological polar surface area (TPSA) is 62.1 Å². The molecule has 0 radical (unpaired) electrons. The average molecular weight is 230 g/mol. The molecule has 1 N–H and O–H groups in total. The van der Waals surface area contributed by atoms with Crippen molar-refractivity contribution >= 4 is 5.91 Å². The van der Waals surface area contributed by atoms with Crippen LogP contribution < -0.4 is 5.32 Å². The second-order valence-electron chi connectivity index (χ2n) is 4.18. The largest absolute Gasteiger partial charge is 0.377 e. The Bertz CT molecular complexity index is 432. The number of nitrogens with zero attached hydrogens (tertiary/aromatic N) is 1. The summed E-state index contributed by atoms with van der Waals surface area (Å²) >= 11 is 0. The maximum absolute atomic E-state index is 11.8. The fraction of sp³-hybridized carbons (Fsp3) is 0.385. The van der Waals surface area contributed by atoms with Crippen LogP contribution in [0.2, 0.25) is 0 Å². The minimum Gasteiger partial charge on any atom is -0.377 e. The van der Waals surface area contributed by atoms with E-state index in [1.165, 1.54) is 5.56 Å². The van der Waals surface area contributed by atoms with E-state index < -0.39 is 5.41 Å². The Morgan fingerprint density at radius 2 is 2.12 bits per heavy atom. The van der Waals surface area contributed by atoms with E-state index in [0.29, 0.717) is 6.54 Å². The standard InChI is InChI=1S/C13H14N2O2/c14-8-13(9-17-10-13)12(16)15-7-6-11-4-2-1-3-5-11/h1-5H,6-7,9-10H2,(H,15,16). The number of carbonyl (C=O) groups is 1. The van der Waals surface area contributed by atoms with Gasteiger partial charge in [-0.3, -0.25) is 4.79 Å². The van der Waals surface area contributed by atoms with Crippen LogP contribution in [0.5, 0.6) is 0 Å². The Morgan fingerprint density at radius 3 is 2.65 bits per heavy atom. The molecule has 2 rings (SSSR count). The van der Waals surface area contributed by atoms with Crippen molar-refractivity contribution in [3.63, 3.8) is 0 Å². The second kappa shape index (κ2) is 4.98. The highest BCUT2D eigenvalue weighted by Gasteiger charge is 2.46. The third-order valence-corrected chi connectivity index (χ3v) is 2.89. The van der Waals surface area contributed by atoms with E-state index in [-0.39, 0.29) is 19.1 Å². The lowest BCUT2D eigenvalue weighted by molar-refractivity contribution is -0.149. The zero-order chi connectivity index (χ0) is 12.1. The van der Waals surface area contributed by atoms with Gasteiger partial charge in [-0.15, -0.1) is 0 Å². The first kappa shape index (κ1) is 11.6. The summed E-state index contributed by atoms with van der Waals surface area (Å²) in [7, 11) is 0. The summed E-state index contributed by atoms with van der Waals surface area (Å²) in [4.78, 5) is 11.8. The van der Waals surface area contributed by atoms with Gasteiger partial charge in [0.1, 0.15) is 0 Å². The van der Waals surface area contributed by atoms with Crippen molar-refractivity contribution in [2.45, 2.75) is 6.42 Å². The second-order valence-corrected chi connectivity index (χ2v) is 4.18. The van der Waals surface area contributed by atoms with Crippen molar-refractivity contribution in [3.8, 4) is 6.07 Å². The SMILES string of the molecule is N#CC1(C(=O)NCCc2ccccc2)COC1. The first-order valence-electron chi connectivity index (χ1n) is 5.58. The predicted molar refractivity (Wildman–Crippen MR) is 62.0 cm³/mol. The summed E-state index contributed by atoms with van der Waals surface area (Å²) in [5.74, 6) is -0.220. The zero-order valence-electron chi connectivity index (χ0n) is 9.48. The average Bonchev–Trinajstić information content (AvgIpc) is 2.30. The zero-order valence-corrected chi connectivity index (χ0v) is 9.48. The highest BCUT2D eigenvalue weighted by atomic mass is 16.5. The maximum atomic E-state index is 11.8. The molecule has 1 fully saturated rings. The molecule has 1 aromatic carbocycles. The lowest BCUT2D eigenvalue weighted by atomic mass is 9.87. The van der Waals surface area contributed by atoms with Gasteiger partial charge in [0, 0.05) is 6.54 Å². The molecule has 4 heteroatoms. The number of benzene rings is 1. The number of nitrogens with one attached hydrogen (secondary N) is 1. The van der Waals surface area contributed by atoms with E-state index in [9.17, 15) is 4.79 Å². The van der Waals surface area contributed by atoms with Crippen LogP contribution in [0.1, 0.15) is 5.56 Å². The number of nitriles is 1. The molecule has 0 spiro atoms. The molecular weight excluding hydrogens is 216 g/mol. The molecule has 0 atom stereocenters. The molecule has 17 heavy (non-hydrogen) atoms. The van der Waals surface area contributed by atoms with Gasteiger partial charge in [0.05, 0.1) is 19.3 Å². The van der Waals surface area contributed by atoms with E-state index >= 15 is 0 Å². The summed E-state index contributed by atoms with van der Waals surface area (Å²) < 4.78 is 4.93. The Hall–Kier alpha value is -1.86. The van der Waals surface area contributed by atoms with Gasteiger partial charge in [0.25, 0.3) is 0 Å². The molecule has 0 bridgehead atoms. The Morgan fingerprint density at radius 1 is 1.41 bits per heavy atom. The van der Waals surface area contributed by atoms with Crippen LogP contribution in [-0.4, -0.2) is 25.7 Å². The number of carbonyl (C=O) groups excluding carboxylic acids is 1. The van der Waals surface area contributed by atoms with Crippen LogP contribution in [0, 0.1) is 16.7 Å². The summed E-state index contributed by atoms with van der Waals surface area (Å²) in [6, 6.07) is 11.9. The summed E-state index contributed by atoms with van der Waals surface area (Å²) in [5, 5.41) is 11.7. The molecule has 0 aromatic heterocycles.